The highest BCUT2D eigenvalue weighted by Crippen LogP contribution is 2.60. The van der Waals surface area contributed by atoms with Gasteiger partial charge >= 0.3 is 5.97 Å². The minimum absolute atomic E-state index is 0.189. The van der Waals surface area contributed by atoms with E-state index in [9.17, 15) is 14.4 Å². The molecule has 0 saturated carbocycles. The average Bonchev–Trinajstić information content (AvgIpc) is 3.19. The molecule has 1 saturated heterocycles. The Morgan fingerprint density at radius 1 is 0.595 bits per heavy atom. The molecule has 1 aliphatic heterocycles. The highest BCUT2D eigenvalue weighted by molar-refractivity contribution is 6.09. The molecular formula is C32H23NO4. The fourth-order valence-electron chi connectivity index (χ4n) is 6.53. The van der Waals surface area contributed by atoms with Gasteiger partial charge in [0.2, 0.25) is 11.8 Å². The fourth-order valence-corrected chi connectivity index (χ4v) is 6.53. The summed E-state index contributed by atoms with van der Waals surface area (Å²) in [4.78, 5) is 41.3. The number of likely N-dealkylation sites (tertiary alicyclic amines) is 1. The molecule has 4 aliphatic rings. The molecule has 180 valence electrons. The Hall–Kier alpha value is -4.51. The maximum atomic E-state index is 13.6. The Balaban J connectivity index is 1.14. The van der Waals surface area contributed by atoms with Crippen LogP contribution in [0.2, 0.25) is 0 Å². The average molecular weight is 486 g/mol. The molecule has 0 radical (unpaired) electrons. The lowest BCUT2D eigenvalue weighted by Crippen LogP contribution is -2.41. The summed E-state index contributed by atoms with van der Waals surface area (Å²) in [5, 5.41) is 0. The van der Waals surface area contributed by atoms with Crippen molar-refractivity contribution >= 4 is 17.8 Å². The first-order chi connectivity index (χ1) is 18.1. The molecule has 1 heterocycles. The van der Waals surface area contributed by atoms with Crippen LogP contribution in [0.15, 0.2) is 103 Å². The third-order valence-electron chi connectivity index (χ3n) is 8.02. The Labute approximate surface area is 214 Å². The van der Waals surface area contributed by atoms with Gasteiger partial charge < -0.3 is 4.74 Å². The van der Waals surface area contributed by atoms with E-state index in [0.29, 0.717) is 5.75 Å². The largest absolute Gasteiger partial charge is 0.425 e. The third-order valence-corrected chi connectivity index (χ3v) is 8.02. The van der Waals surface area contributed by atoms with Crippen molar-refractivity contribution in [3.8, 4) is 16.9 Å². The third kappa shape index (κ3) is 3.27. The van der Waals surface area contributed by atoms with E-state index in [1.807, 2.05) is 66.7 Å². The SMILES string of the molecule is O=C(CN1C(=O)[C@@H]2C3c4ccccc4C(c4ccccc43)[C@@H]2C1=O)Oc1ccc(-c2ccccc2)cc1. The van der Waals surface area contributed by atoms with E-state index in [4.69, 9.17) is 4.74 Å². The van der Waals surface area contributed by atoms with Gasteiger partial charge in [-0.25, -0.2) is 4.79 Å². The number of esters is 1. The molecule has 0 spiro atoms. The van der Waals surface area contributed by atoms with E-state index < -0.39 is 24.3 Å². The van der Waals surface area contributed by atoms with Gasteiger partial charge in [-0.05, 0) is 45.5 Å². The smallest absolute Gasteiger partial charge is 0.331 e. The van der Waals surface area contributed by atoms with Gasteiger partial charge in [0, 0.05) is 11.8 Å². The van der Waals surface area contributed by atoms with Crippen LogP contribution in [0.25, 0.3) is 11.1 Å². The number of hydrogen-bond donors (Lipinski definition) is 0. The van der Waals surface area contributed by atoms with Crippen molar-refractivity contribution in [2.75, 3.05) is 6.54 Å². The zero-order valence-electron chi connectivity index (χ0n) is 19.9. The van der Waals surface area contributed by atoms with Crippen LogP contribution in [0.3, 0.4) is 0 Å². The van der Waals surface area contributed by atoms with Crippen LogP contribution >= 0.6 is 0 Å². The van der Waals surface area contributed by atoms with Crippen LogP contribution in [-0.4, -0.2) is 29.2 Å². The van der Waals surface area contributed by atoms with Crippen molar-refractivity contribution in [1.29, 1.82) is 0 Å². The summed E-state index contributed by atoms with van der Waals surface area (Å²) in [5.41, 5.74) is 6.50. The topological polar surface area (TPSA) is 63.7 Å². The molecule has 0 aromatic heterocycles. The summed E-state index contributed by atoms with van der Waals surface area (Å²) in [6, 6.07) is 33.3. The Bertz CT molecular complexity index is 1440. The Kier molecular flexibility index (Phi) is 4.86. The molecule has 8 rings (SSSR count). The van der Waals surface area contributed by atoms with Gasteiger partial charge in [-0.2, -0.15) is 0 Å². The number of rotatable bonds is 4. The number of amides is 2. The highest BCUT2D eigenvalue weighted by atomic mass is 16.5. The number of carbonyl (C=O) groups excluding carboxylic acids is 3. The second kappa shape index (κ2) is 8.27. The first-order valence-corrected chi connectivity index (χ1v) is 12.5. The summed E-state index contributed by atoms with van der Waals surface area (Å²) in [6.07, 6.45) is 0. The van der Waals surface area contributed by atoms with Crippen LogP contribution in [0.4, 0.5) is 0 Å². The van der Waals surface area contributed by atoms with Gasteiger partial charge in [0.1, 0.15) is 12.3 Å². The lowest BCUT2D eigenvalue weighted by Gasteiger charge is -2.45. The molecule has 5 heteroatoms. The quantitative estimate of drug-likeness (QED) is 0.228. The van der Waals surface area contributed by atoms with Gasteiger partial charge in [0.15, 0.2) is 0 Å². The van der Waals surface area contributed by atoms with Crippen molar-refractivity contribution in [3.05, 3.63) is 125 Å². The minimum atomic E-state index is -0.629. The van der Waals surface area contributed by atoms with Crippen molar-refractivity contribution in [3.63, 3.8) is 0 Å². The maximum Gasteiger partial charge on any atom is 0.331 e. The first kappa shape index (κ1) is 21.7. The molecule has 5 nitrogen and oxygen atoms in total. The number of imide groups is 1. The monoisotopic (exact) mass is 485 g/mol. The van der Waals surface area contributed by atoms with Crippen molar-refractivity contribution < 1.29 is 19.1 Å². The standard InChI is InChI=1S/C32H23NO4/c34-26(37-21-16-14-20(15-17-21)19-8-2-1-3-9-19)18-33-31(35)29-27-22-10-4-5-11-23(22)28(30(29)32(33)36)25-13-7-6-12-24(25)27/h1-17,27-30H,18H2/t27?,28?,29-,30+. The van der Waals surface area contributed by atoms with Gasteiger partial charge in [0.25, 0.3) is 0 Å². The van der Waals surface area contributed by atoms with E-state index in [1.54, 1.807) is 12.1 Å². The van der Waals surface area contributed by atoms with Crippen LogP contribution in [0, 0.1) is 11.8 Å². The van der Waals surface area contributed by atoms with Crippen molar-refractivity contribution in [2.45, 2.75) is 11.8 Å². The van der Waals surface area contributed by atoms with E-state index in [-0.39, 0.29) is 23.7 Å². The van der Waals surface area contributed by atoms with Gasteiger partial charge in [-0.15, -0.1) is 0 Å². The summed E-state index contributed by atoms with van der Waals surface area (Å²) >= 11 is 0. The van der Waals surface area contributed by atoms with Crippen molar-refractivity contribution in [2.24, 2.45) is 11.8 Å². The predicted octanol–water partition coefficient (Wildman–Crippen LogP) is 5.15. The van der Waals surface area contributed by atoms with Crippen LogP contribution in [-0.2, 0) is 14.4 Å². The van der Waals surface area contributed by atoms with Gasteiger partial charge in [-0.3, -0.25) is 14.5 Å². The normalized spacial score (nSPS) is 22.9. The number of hydrogen-bond acceptors (Lipinski definition) is 4. The summed E-state index contributed by atoms with van der Waals surface area (Å²) in [6.45, 7) is -0.392. The van der Waals surface area contributed by atoms with Crippen LogP contribution in [0.1, 0.15) is 34.1 Å². The molecule has 37 heavy (non-hydrogen) atoms. The van der Waals surface area contributed by atoms with E-state index >= 15 is 0 Å². The molecule has 4 aromatic carbocycles. The maximum absolute atomic E-state index is 13.6. The number of nitrogens with zero attached hydrogens (tertiary/aromatic N) is 1. The molecule has 3 aliphatic carbocycles. The molecule has 4 aromatic rings. The molecular weight excluding hydrogens is 462 g/mol. The number of benzene rings is 4. The van der Waals surface area contributed by atoms with E-state index in [2.05, 4.69) is 24.3 Å². The van der Waals surface area contributed by atoms with Gasteiger partial charge in [-0.1, -0.05) is 91.0 Å². The summed E-state index contributed by atoms with van der Waals surface area (Å²) in [5.74, 6) is -2.21. The number of carbonyl (C=O) groups is 3. The molecule has 0 unspecified atom stereocenters. The zero-order chi connectivity index (χ0) is 25.1. The summed E-state index contributed by atoms with van der Waals surface area (Å²) < 4.78 is 5.53. The van der Waals surface area contributed by atoms with Gasteiger partial charge in [0.05, 0.1) is 11.8 Å². The van der Waals surface area contributed by atoms with Crippen LogP contribution < -0.4 is 4.74 Å². The van der Waals surface area contributed by atoms with E-state index in [1.165, 1.54) is 0 Å². The Morgan fingerprint density at radius 3 is 1.51 bits per heavy atom. The zero-order valence-corrected chi connectivity index (χ0v) is 19.9. The molecule has 2 bridgehead atoms. The second-order valence-corrected chi connectivity index (χ2v) is 9.89. The fraction of sp³-hybridized carbons (Fsp3) is 0.156. The molecule has 2 atom stereocenters. The van der Waals surface area contributed by atoms with Crippen LogP contribution in [0.5, 0.6) is 5.75 Å². The molecule has 0 N–H and O–H groups in total. The summed E-state index contributed by atoms with van der Waals surface area (Å²) in [7, 11) is 0. The lowest BCUT2D eigenvalue weighted by molar-refractivity contribution is -0.148. The first-order valence-electron chi connectivity index (χ1n) is 12.5. The second-order valence-electron chi connectivity index (χ2n) is 9.89. The Morgan fingerprint density at radius 2 is 1.03 bits per heavy atom. The van der Waals surface area contributed by atoms with E-state index in [0.717, 1.165) is 38.3 Å². The molecule has 1 fully saturated rings. The lowest BCUT2D eigenvalue weighted by atomic mass is 9.55. The predicted molar refractivity (Wildman–Crippen MR) is 138 cm³/mol. The molecule has 2 amide bonds. The highest BCUT2D eigenvalue weighted by Gasteiger charge is 2.61. The minimum Gasteiger partial charge on any atom is -0.425 e. The number of ether oxygens (including phenoxy) is 1. The van der Waals surface area contributed by atoms with Crippen molar-refractivity contribution in [1.82, 2.24) is 4.90 Å².